The minimum Gasteiger partial charge on any atom is -0.508 e. The van der Waals surface area contributed by atoms with E-state index in [9.17, 15) is 20.0 Å². The van der Waals surface area contributed by atoms with Gasteiger partial charge in [-0.3, -0.25) is 5.32 Å². The van der Waals surface area contributed by atoms with Gasteiger partial charge < -0.3 is 25.0 Å². The largest absolute Gasteiger partial charge is 0.508 e. The van der Waals surface area contributed by atoms with E-state index in [-0.39, 0.29) is 16.9 Å². The van der Waals surface area contributed by atoms with Crippen LogP contribution in [0.5, 0.6) is 5.75 Å². The van der Waals surface area contributed by atoms with Crippen molar-refractivity contribution in [1.29, 1.82) is 0 Å². The first-order valence-corrected chi connectivity index (χ1v) is 6.35. The van der Waals surface area contributed by atoms with Crippen molar-refractivity contribution in [2.75, 3.05) is 5.32 Å². The minimum atomic E-state index is -1.47. The summed E-state index contributed by atoms with van der Waals surface area (Å²) in [4.78, 5) is 10.5. The second kappa shape index (κ2) is 5.93. The van der Waals surface area contributed by atoms with Crippen LogP contribution in [0.1, 0.15) is 27.7 Å². The second-order valence-corrected chi connectivity index (χ2v) is 5.74. The van der Waals surface area contributed by atoms with Gasteiger partial charge in [0.05, 0.1) is 11.2 Å². The summed E-state index contributed by atoms with van der Waals surface area (Å²) >= 11 is 0. The standard InChI is InChI=1S/C13H20BNO6/c1-12(2,19)13(3,4)21-14(20)9-6-5-8(7-10(9)16)15-11(17)18/h5-7,15-16,19-20H,1-4H3,(H,17,18). The summed E-state index contributed by atoms with van der Waals surface area (Å²) < 4.78 is 5.40. The van der Waals surface area contributed by atoms with Crippen molar-refractivity contribution >= 4 is 24.4 Å². The first-order valence-electron chi connectivity index (χ1n) is 6.35. The number of hydrogen-bond acceptors (Lipinski definition) is 5. The van der Waals surface area contributed by atoms with Gasteiger partial charge in [0.25, 0.3) is 0 Å². The summed E-state index contributed by atoms with van der Waals surface area (Å²) in [6.07, 6.45) is -1.26. The molecule has 21 heavy (non-hydrogen) atoms. The quantitative estimate of drug-likeness (QED) is 0.511. The van der Waals surface area contributed by atoms with E-state index < -0.39 is 24.4 Å². The predicted octanol–water partition coefficient (Wildman–Crippen LogP) is 0.736. The Balaban J connectivity index is 2.93. The molecule has 0 spiro atoms. The van der Waals surface area contributed by atoms with Crippen LogP contribution in [0.25, 0.3) is 0 Å². The third-order valence-electron chi connectivity index (χ3n) is 3.43. The van der Waals surface area contributed by atoms with Crippen molar-refractivity contribution in [1.82, 2.24) is 0 Å². The molecule has 0 fully saturated rings. The topological polar surface area (TPSA) is 119 Å². The van der Waals surface area contributed by atoms with Gasteiger partial charge in [-0.1, -0.05) is 6.07 Å². The molecule has 1 aromatic rings. The van der Waals surface area contributed by atoms with Crippen molar-refractivity contribution in [3.8, 4) is 5.75 Å². The van der Waals surface area contributed by atoms with Crippen LogP contribution >= 0.6 is 0 Å². The average molecular weight is 297 g/mol. The molecular weight excluding hydrogens is 277 g/mol. The van der Waals surface area contributed by atoms with E-state index in [0.717, 1.165) is 6.07 Å². The number of rotatable bonds is 5. The highest BCUT2D eigenvalue weighted by Crippen LogP contribution is 2.26. The molecule has 1 aromatic carbocycles. The molecule has 0 atom stereocenters. The number of phenolic OH excluding ortho intramolecular Hbond substituents is 1. The van der Waals surface area contributed by atoms with Gasteiger partial charge in [0, 0.05) is 17.2 Å². The Labute approximate surface area is 123 Å². The first-order chi connectivity index (χ1) is 9.44. The fraction of sp³-hybridized carbons (Fsp3) is 0.462. The van der Waals surface area contributed by atoms with Crippen LogP contribution in [-0.4, -0.2) is 44.8 Å². The summed E-state index contributed by atoms with van der Waals surface area (Å²) in [7, 11) is -1.47. The Kier molecular flexibility index (Phi) is 4.88. The number of carbonyl (C=O) groups is 1. The molecule has 1 rings (SSSR count). The molecule has 0 saturated heterocycles. The number of hydrogen-bond donors (Lipinski definition) is 5. The second-order valence-electron chi connectivity index (χ2n) is 5.74. The van der Waals surface area contributed by atoms with Gasteiger partial charge in [-0.25, -0.2) is 4.79 Å². The van der Waals surface area contributed by atoms with Crippen molar-refractivity contribution in [3.05, 3.63) is 18.2 Å². The minimum absolute atomic E-state index is 0.0725. The van der Waals surface area contributed by atoms with Crippen LogP contribution in [0.2, 0.25) is 0 Å². The Morgan fingerprint density at radius 1 is 1.29 bits per heavy atom. The number of carboxylic acid groups (broad SMARTS) is 1. The average Bonchev–Trinajstić information content (AvgIpc) is 2.25. The summed E-state index contributed by atoms with van der Waals surface area (Å²) in [5.41, 5.74) is -2.05. The maximum atomic E-state index is 10.5. The molecule has 0 heterocycles. The van der Waals surface area contributed by atoms with Gasteiger partial charge in [-0.2, -0.15) is 0 Å². The summed E-state index contributed by atoms with van der Waals surface area (Å²) in [6, 6.07) is 3.88. The smallest absolute Gasteiger partial charge is 0.495 e. The van der Waals surface area contributed by atoms with Crippen LogP contribution in [0, 0.1) is 0 Å². The molecule has 5 N–H and O–H groups in total. The first kappa shape index (κ1) is 17.3. The molecule has 116 valence electrons. The van der Waals surface area contributed by atoms with Crippen molar-refractivity contribution in [2.24, 2.45) is 0 Å². The highest BCUT2D eigenvalue weighted by Gasteiger charge is 2.40. The predicted molar refractivity (Wildman–Crippen MR) is 78.8 cm³/mol. The van der Waals surface area contributed by atoms with E-state index in [1.165, 1.54) is 12.1 Å². The maximum absolute atomic E-state index is 10.5. The zero-order valence-corrected chi connectivity index (χ0v) is 12.4. The van der Waals surface area contributed by atoms with Crippen LogP contribution < -0.4 is 10.8 Å². The zero-order valence-electron chi connectivity index (χ0n) is 12.4. The maximum Gasteiger partial charge on any atom is 0.495 e. The molecule has 0 aromatic heterocycles. The van der Waals surface area contributed by atoms with Crippen LogP contribution in [-0.2, 0) is 4.65 Å². The van der Waals surface area contributed by atoms with Crippen molar-refractivity contribution < 1.29 is 29.8 Å². The summed E-state index contributed by atoms with van der Waals surface area (Å²) in [6.45, 7) is 6.29. The fourth-order valence-corrected chi connectivity index (χ4v) is 1.44. The highest BCUT2D eigenvalue weighted by molar-refractivity contribution is 6.61. The van der Waals surface area contributed by atoms with Crippen molar-refractivity contribution in [2.45, 2.75) is 38.9 Å². The molecule has 0 aliphatic rings. The number of anilines is 1. The van der Waals surface area contributed by atoms with E-state index in [2.05, 4.69) is 5.32 Å². The molecule has 1 amide bonds. The molecule has 0 aliphatic heterocycles. The molecule has 0 saturated carbocycles. The molecule has 8 heteroatoms. The molecular formula is C13H20BNO6. The lowest BCUT2D eigenvalue weighted by Gasteiger charge is -2.38. The highest BCUT2D eigenvalue weighted by atomic mass is 16.5. The normalized spacial score (nSPS) is 12.1. The van der Waals surface area contributed by atoms with E-state index in [4.69, 9.17) is 9.76 Å². The fourth-order valence-electron chi connectivity index (χ4n) is 1.44. The van der Waals surface area contributed by atoms with E-state index in [1.807, 2.05) is 0 Å². The number of phenols is 1. The van der Waals surface area contributed by atoms with Crippen molar-refractivity contribution in [3.63, 3.8) is 0 Å². The summed E-state index contributed by atoms with van der Waals surface area (Å²) in [5.74, 6) is -0.319. The van der Waals surface area contributed by atoms with E-state index >= 15 is 0 Å². The SMILES string of the molecule is CC(C)(O)C(C)(C)OB(O)c1ccc(NC(=O)O)cc1O. The number of benzene rings is 1. The van der Waals surface area contributed by atoms with Gasteiger partial charge in [0.2, 0.25) is 0 Å². The van der Waals surface area contributed by atoms with Gasteiger partial charge in [0.1, 0.15) is 5.75 Å². The van der Waals surface area contributed by atoms with E-state index in [0.29, 0.717) is 0 Å². The van der Waals surface area contributed by atoms with E-state index in [1.54, 1.807) is 27.7 Å². The lowest BCUT2D eigenvalue weighted by Crippen LogP contribution is -2.53. The Morgan fingerprint density at radius 3 is 2.29 bits per heavy atom. The van der Waals surface area contributed by atoms with Gasteiger partial charge in [0.15, 0.2) is 0 Å². The summed E-state index contributed by atoms with van der Waals surface area (Å²) in [5, 5.41) is 40.5. The molecule has 0 aliphatic carbocycles. The Morgan fingerprint density at radius 2 is 1.86 bits per heavy atom. The lowest BCUT2D eigenvalue weighted by atomic mass is 9.76. The molecule has 0 unspecified atom stereocenters. The number of amides is 1. The Hall–Kier alpha value is -1.77. The van der Waals surface area contributed by atoms with Crippen LogP contribution in [0.15, 0.2) is 18.2 Å². The number of nitrogens with one attached hydrogen (secondary N) is 1. The third kappa shape index (κ3) is 4.35. The molecule has 0 radical (unpaired) electrons. The number of aliphatic hydroxyl groups is 1. The third-order valence-corrected chi connectivity index (χ3v) is 3.43. The molecule has 0 bridgehead atoms. The number of aromatic hydroxyl groups is 1. The van der Waals surface area contributed by atoms with Gasteiger partial charge in [-0.15, -0.1) is 0 Å². The zero-order chi connectivity index (χ0) is 16.4. The Bertz CT molecular complexity index is 526. The van der Waals surface area contributed by atoms with Gasteiger partial charge >= 0.3 is 13.2 Å². The van der Waals surface area contributed by atoms with Crippen LogP contribution in [0.3, 0.4) is 0 Å². The van der Waals surface area contributed by atoms with Gasteiger partial charge in [-0.05, 0) is 33.8 Å². The van der Waals surface area contributed by atoms with Crippen LogP contribution in [0.4, 0.5) is 10.5 Å². The monoisotopic (exact) mass is 297 g/mol. The molecule has 7 nitrogen and oxygen atoms in total. The lowest BCUT2D eigenvalue weighted by molar-refractivity contribution is -0.0983.